The molecule has 6 nitrogen and oxygen atoms in total. The van der Waals surface area contributed by atoms with Crippen LogP contribution in [0.2, 0.25) is 0 Å². The highest BCUT2D eigenvalue weighted by Gasteiger charge is 2.52. The summed E-state index contributed by atoms with van der Waals surface area (Å²) in [5.41, 5.74) is 0. The molecule has 0 saturated heterocycles. The Morgan fingerprint density at radius 3 is 2.58 bits per heavy atom. The van der Waals surface area contributed by atoms with Crippen molar-refractivity contribution in [2.75, 3.05) is 0 Å². The third kappa shape index (κ3) is 1.62. The third-order valence-electron chi connectivity index (χ3n) is 0.822. The molecule has 62 valence electrons. The fourth-order valence-electron chi connectivity index (χ4n) is 0.282. The second kappa shape index (κ2) is 3.56. The van der Waals surface area contributed by atoms with Gasteiger partial charge in [0.05, 0.1) is 4.92 Å². The Bertz CT molecular complexity index is 302. The van der Waals surface area contributed by atoms with Crippen molar-refractivity contribution < 1.29 is 14.5 Å². The quantitative estimate of drug-likeness (QED) is 0.150. The normalized spacial score (nSPS) is 13.2. The summed E-state index contributed by atoms with van der Waals surface area (Å²) >= 11 is 4.96. The van der Waals surface area contributed by atoms with E-state index in [1.165, 1.54) is 6.11 Å². The predicted octanol–water partition coefficient (Wildman–Crippen LogP) is -0.144. The van der Waals surface area contributed by atoms with Gasteiger partial charge >= 0.3 is 11.0 Å². The van der Waals surface area contributed by atoms with Crippen LogP contribution in [0.25, 0.3) is 0 Å². The van der Waals surface area contributed by atoms with E-state index >= 15 is 0 Å². The second-order valence-corrected chi connectivity index (χ2v) is 2.05. The van der Waals surface area contributed by atoms with Crippen molar-refractivity contribution in [1.29, 1.82) is 5.26 Å². The van der Waals surface area contributed by atoms with Gasteiger partial charge in [0.25, 0.3) is 0 Å². The Hall–Kier alpha value is -1.79. The molecule has 1 atom stereocenters. The molecule has 7 heteroatoms. The molecular formula is C5HClN2O4. The number of esters is 1. The number of halogens is 1. The van der Waals surface area contributed by atoms with E-state index in [1.54, 1.807) is 0 Å². The maximum absolute atomic E-state index is 10.6. The molecule has 0 radical (unpaired) electrons. The number of ether oxygens (including phenoxy) is 1. The van der Waals surface area contributed by atoms with Crippen LogP contribution >= 0.6 is 11.6 Å². The lowest BCUT2D eigenvalue weighted by Gasteiger charge is -2.04. The molecule has 0 saturated carbocycles. The molecule has 0 aromatic heterocycles. The number of hydrogen-bond donors (Lipinski definition) is 0. The summed E-state index contributed by atoms with van der Waals surface area (Å²) in [5, 5.41) is 18.2. The van der Waals surface area contributed by atoms with Crippen LogP contribution in [0.3, 0.4) is 0 Å². The highest BCUT2D eigenvalue weighted by atomic mass is 35.5. The van der Waals surface area contributed by atoms with Gasteiger partial charge in [0, 0.05) is 0 Å². The molecule has 0 aliphatic heterocycles. The zero-order valence-electron chi connectivity index (χ0n) is 5.48. The summed E-state index contributed by atoms with van der Waals surface area (Å²) in [7, 11) is 0. The number of rotatable bonds is 2. The maximum atomic E-state index is 10.6. The zero-order chi connectivity index (χ0) is 9.78. The molecule has 0 aliphatic rings. The van der Waals surface area contributed by atoms with Gasteiger partial charge in [-0.15, -0.1) is 0 Å². The highest BCUT2D eigenvalue weighted by Crippen LogP contribution is 2.16. The van der Waals surface area contributed by atoms with E-state index in [4.69, 9.17) is 16.9 Å². The molecule has 12 heavy (non-hydrogen) atoms. The van der Waals surface area contributed by atoms with E-state index in [0.717, 1.165) is 6.07 Å². The van der Waals surface area contributed by atoms with Gasteiger partial charge in [-0.1, -0.05) is 6.42 Å². The largest absolute Gasteiger partial charge is 0.476 e. The molecule has 0 fully saturated rings. The summed E-state index contributed by atoms with van der Waals surface area (Å²) in [4.78, 5) is 16.4. The molecule has 0 N–H and O–H groups in total. The maximum Gasteiger partial charge on any atom is 0.476 e. The van der Waals surface area contributed by atoms with Crippen LogP contribution in [0.5, 0.6) is 0 Å². The Morgan fingerprint density at radius 2 is 2.33 bits per heavy atom. The molecule has 0 aromatic carbocycles. The van der Waals surface area contributed by atoms with Crippen molar-refractivity contribution in [3.8, 4) is 18.6 Å². The monoisotopic (exact) mass is 188 g/mol. The van der Waals surface area contributed by atoms with Gasteiger partial charge in [-0.3, -0.25) is 10.1 Å². The number of alkyl halides is 1. The molecular weight excluding hydrogens is 188 g/mol. The van der Waals surface area contributed by atoms with Crippen LogP contribution in [-0.2, 0) is 9.53 Å². The van der Waals surface area contributed by atoms with Crippen LogP contribution in [0.1, 0.15) is 0 Å². The second-order valence-electron chi connectivity index (χ2n) is 1.50. The predicted molar refractivity (Wildman–Crippen MR) is 36.1 cm³/mol. The Morgan fingerprint density at radius 1 is 1.83 bits per heavy atom. The van der Waals surface area contributed by atoms with Gasteiger partial charge in [-0.25, -0.2) is 4.79 Å². The van der Waals surface area contributed by atoms with Crippen LogP contribution < -0.4 is 0 Å². The van der Waals surface area contributed by atoms with Gasteiger partial charge in [-0.05, 0) is 11.6 Å². The molecule has 0 bridgehead atoms. The fourth-order valence-corrected chi connectivity index (χ4v) is 0.321. The Labute approximate surface area is 71.8 Å². The minimum absolute atomic E-state index is 0.959. The summed E-state index contributed by atoms with van der Waals surface area (Å²) < 4.78 is 3.75. The molecule has 0 heterocycles. The number of carbonyl (C=O) groups excluding carboxylic acids is 1. The lowest BCUT2D eigenvalue weighted by molar-refractivity contribution is -0.512. The number of nitro groups is 1. The first kappa shape index (κ1) is 10.2. The number of nitrogens with zero attached hydrogens (tertiary/aromatic N) is 2. The number of terminal acetylenes is 1. The summed E-state index contributed by atoms with van der Waals surface area (Å²) in [6.07, 6.45) is 5.87. The molecule has 0 aliphatic carbocycles. The van der Waals surface area contributed by atoms with Crippen molar-refractivity contribution in [3.63, 3.8) is 0 Å². The van der Waals surface area contributed by atoms with Crippen molar-refractivity contribution in [2.24, 2.45) is 0 Å². The number of hydrogen-bond acceptors (Lipinski definition) is 5. The standard InChI is InChI=1S/C5HClN2O4/c1-2-12-4(9)5(6,3-7)8(10)11/h1H. The van der Waals surface area contributed by atoms with E-state index in [1.807, 2.05) is 0 Å². The van der Waals surface area contributed by atoms with Crippen LogP contribution in [0, 0.1) is 34.0 Å². The average molecular weight is 189 g/mol. The smallest absolute Gasteiger partial charge is 0.365 e. The molecule has 0 spiro atoms. The van der Waals surface area contributed by atoms with Gasteiger partial charge < -0.3 is 4.74 Å². The first-order chi connectivity index (χ1) is 5.49. The van der Waals surface area contributed by atoms with E-state index in [-0.39, 0.29) is 0 Å². The topological polar surface area (TPSA) is 93.2 Å². The first-order valence-electron chi connectivity index (χ1n) is 2.40. The summed E-state index contributed by atoms with van der Waals surface area (Å²) in [6.45, 7) is 0. The minimum atomic E-state index is -2.95. The van der Waals surface area contributed by atoms with Crippen molar-refractivity contribution >= 4 is 17.6 Å². The van der Waals surface area contributed by atoms with Crippen molar-refractivity contribution in [3.05, 3.63) is 10.1 Å². The van der Waals surface area contributed by atoms with E-state index < -0.39 is 15.9 Å². The molecule has 1 unspecified atom stereocenters. The van der Waals surface area contributed by atoms with Crippen molar-refractivity contribution in [2.45, 2.75) is 5.00 Å². The van der Waals surface area contributed by atoms with Gasteiger partial charge in [-0.2, -0.15) is 5.26 Å². The SMILES string of the molecule is C#COC(=O)C(Cl)(C#N)[N+](=O)[O-]. The molecule has 0 amide bonds. The highest BCUT2D eigenvalue weighted by molar-refractivity contribution is 6.34. The van der Waals surface area contributed by atoms with Crippen molar-refractivity contribution in [1.82, 2.24) is 0 Å². The van der Waals surface area contributed by atoms with Gasteiger partial charge in [0.2, 0.25) is 0 Å². The first-order valence-corrected chi connectivity index (χ1v) is 2.78. The van der Waals surface area contributed by atoms with Gasteiger partial charge in [0.15, 0.2) is 6.07 Å². The molecule has 0 aromatic rings. The van der Waals surface area contributed by atoms with Crippen LogP contribution in [0.15, 0.2) is 0 Å². The van der Waals surface area contributed by atoms with E-state index in [2.05, 4.69) is 11.2 Å². The molecule has 0 rings (SSSR count). The zero-order valence-corrected chi connectivity index (χ0v) is 6.24. The van der Waals surface area contributed by atoms with E-state index in [0.29, 0.717) is 0 Å². The minimum Gasteiger partial charge on any atom is -0.365 e. The third-order valence-corrected chi connectivity index (χ3v) is 1.20. The lowest BCUT2D eigenvalue weighted by Crippen LogP contribution is -2.40. The van der Waals surface area contributed by atoms with Crippen LogP contribution in [-0.4, -0.2) is 15.9 Å². The fraction of sp³-hybridized carbons (Fsp3) is 0.200. The van der Waals surface area contributed by atoms with E-state index in [9.17, 15) is 14.9 Å². The number of carbonyl (C=O) groups is 1. The van der Waals surface area contributed by atoms with Crippen LogP contribution in [0.4, 0.5) is 0 Å². The average Bonchev–Trinajstić information content (AvgIpc) is 2.03. The Kier molecular flexibility index (Phi) is 3.03. The lowest BCUT2D eigenvalue weighted by atomic mass is 10.3. The summed E-state index contributed by atoms with van der Waals surface area (Å²) in [5.74, 6) is -1.60. The Balaban J connectivity index is 4.82. The number of nitriles is 1. The van der Waals surface area contributed by atoms with Gasteiger partial charge in [0.1, 0.15) is 6.11 Å². The summed E-state index contributed by atoms with van der Waals surface area (Å²) in [6, 6.07) is 0.959.